The highest BCUT2D eigenvalue weighted by molar-refractivity contribution is 6.03. The lowest BCUT2D eigenvalue weighted by molar-refractivity contribution is -0.137. The van der Waals surface area contributed by atoms with Crippen molar-refractivity contribution in [3.05, 3.63) is 41.2 Å². The van der Waals surface area contributed by atoms with Crippen LogP contribution in [-0.2, 0) is 17.5 Å². The number of halogens is 3. The number of amides is 1. The summed E-state index contributed by atoms with van der Waals surface area (Å²) in [5.41, 5.74) is 0.186. The molecule has 1 aromatic carbocycles. The van der Waals surface area contributed by atoms with Gasteiger partial charge >= 0.3 is 12.3 Å². The van der Waals surface area contributed by atoms with Gasteiger partial charge in [-0.2, -0.15) is 18.2 Å². The van der Waals surface area contributed by atoms with Gasteiger partial charge in [-0.1, -0.05) is 18.6 Å². The van der Waals surface area contributed by atoms with E-state index in [4.69, 9.17) is 20.2 Å². The van der Waals surface area contributed by atoms with Crippen molar-refractivity contribution in [3.8, 4) is 0 Å². The van der Waals surface area contributed by atoms with E-state index in [0.717, 1.165) is 31.4 Å². The molecule has 3 heterocycles. The first kappa shape index (κ1) is 27.6. The summed E-state index contributed by atoms with van der Waals surface area (Å²) in [6, 6.07) is 4.98. The third-order valence-corrected chi connectivity index (χ3v) is 7.33. The van der Waals surface area contributed by atoms with Crippen LogP contribution in [0.25, 0.3) is 11.2 Å². The number of morpholine rings is 1. The Labute approximate surface area is 228 Å². The number of benzene rings is 1. The van der Waals surface area contributed by atoms with E-state index in [1.54, 1.807) is 0 Å². The van der Waals surface area contributed by atoms with Crippen molar-refractivity contribution in [1.29, 1.82) is 5.41 Å². The van der Waals surface area contributed by atoms with Crippen molar-refractivity contribution in [2.75, 3.05) is 36.5 Å². The standard InChI is InChI=1S/C26H31F3N8O3/c1-25(2)14-40-11-10-37(25)23-35-21-18(36(23)13-16-6-8-17(9-7-16)26(27,28)29)20(31-12-15-4-3-5-15)33-22(34-21)19(30)32-24(38)39/h6-9,15H,3-5,10-14H2,1-2H3,(H2,30,32)(H,38,39)(H,31,33,34). The van der Waals surface area contributed by atoms with E-state index in [1.807, 2.05) is 23.7 Å². The Morgan fingerprint density at radius 1 is 1.20 bits per heavy atom. The van der Waals surface area contributed by atoms with Crippen LogP contribution >= 0.6 is 0 Å². The molecule has 40 heavy (non-hydrogen) atoms. The molecule has 11 nitrogen and oxygen atoms in total. The molecule has 1 aliphatic carbocycles. The average molecular weight is 561 g/mol. The van der Waals surface area contributed by atoms with Gasteiger partial charge in [0.15, 0.2) is 23.1 Å². The van der Waals surface area contributed by atoms with Gasteiger partial charge in [0.25, 0.3) is 0 Å². The number of hydrogen-bond acceptors (Lipinski definition) is 8. The fraction of sp³-hybridized carbons (Fsp3) is 0.500. The second-order valence-electron chi connectivity index (χ2n) is 10.8. The molecular weight excluding hydrogens is 529 g/mol. The van der Waals surface area contributed by atoms with Gasteiger partial charge in [0.2, 0.25) is 5.95 Å². The number of nitrogens with zero attached hydrogens (tertiary/aromatic N) is 5. The van der Waals surface area contributed by atoms with Gasteiger partial charge in [-0.25, -0.2) is 14.8 Å². The molecule has 0 radical (unpaired) electrons. The van der Waals surface area contributed by atoms with Crippen molar-refractivity contribution >= 4 is 34.9 Å². The zero-order valence-corrected chi connectivity index (χ0v) is 22.2. The Morgan fingerprint density at radius 3 is 2.52 bits per heavy atom. The molecule has 2 fully saturated rings. The van der Waals surface area contributed by atoms with E-state index in [0.29, 0.717) is 55.1 Å². The number of hydrogen-bond donors (Lipinski definition) is 4. The fourth-order valence-corrected chi connectivity index (χ4v) is 4.93. The van der Waals surface area contributed by atoms with Gasteiger partial charge in [0, 0.05) is 13.1 Å². The van der Waals surface area contributed by atoms with Crippen LogP contribution in [-0.4, -0.2) is 68.4 Å². The highest BCUT2D eigenvalue weighted by Gasteiger charge is 2.35. The van der Waals surface area contributed by atoms with Gasteiger partial charge in [-0.15, -0.1) is 0 Å². The topological polar surface area (TPSA) is 141 Å². The van der Waals surface area contributed by atoms with E-state index in [1.165, 1.54) is 12.1 Å². The monoisotopic (exact) mass is 560 g/mol. The second kappa shape index (κ2) is 10.6. The SMILES string of the molecule is CC1(C)COCCN1c1nc2nc(C(=N)NC(=O)O)nc(NCC3CCC3)c2n1Cc1ccc(C(F)(F)F)cc1. The van der Waals surface area contributed by atoms with Gasteiger partial charge < -0.3 is 24.6 Å². The van der Waals surface area contributed by atoms with Crippen LogP contribution in [0.4, 0.5) is 29.7 Å². The molecule has 14 heteroatoms. The molecule has 1 saturated heterocycles. The van der Waals surface area contributed by atoms with E-state index in [-0.39, 0.29) is 18.0 Å². The Bertz CT molecular complexity index is 1420. The Hall–Kier alpha value is -3.94. The molecule has 0 bridgehead atoms. The molecule has 3 aromatic rings. The van der Waals surface area contributed by atoms with Gasteiger partial charge in [-0.05, 0) is 50.3 Å². The Morgan fingerprint density at radius 2 is 1.93 bits per heavy atom. The summed E-state index contributed by atoms with van der Waals surface area (Å²) in [4.78, 5) is 27.0. The number of amidine groups is 1. The predicted octanol–water partition coefficient (Wildman–Crippen LogP) is 4.31. The van der Waals surface area contributed by atoms with E-state index in [9.17, 15) is 18.0 Å². The highest BCUT2D eigenvalue weighted by atomic mass is 19.4. The van der Waals surface area contributed by atoms with Crippen molar-refractivity contribution in [2.24, 2.45) is 5.92 Å². The third kappa shape index (κ3) is 5.67. The smallest absolute Gasteiger partial charge is 0.416 e. The minimum absolute atomic E-state index is 0.141. The van der Waals surface area contributed by atoms with E-state index in [2.05, 4.69) is 20.2 Å². The molecule has 0 spiro atoms. The van der Waals surface area contributed by atoms with E-state index >= 15 is 0 Å². The van der Waals surface area contributed by atoms with Crippen LogP contribution < -0.4 is 15.5 Å². The molecule has 4 N–H and O–H groups in total. The first-order chi connectivity index (χ1) is 18.9. The number of ether oxygens (including phenoxy) is 1. The second-order valence-corrected chi connectivity index (χ2v) is 10.8. The van der Waals surface area contributed by atoms with Crippen LogP contribution in [0.3, 0.4) is 0 Å². The third-order valence-electron chi connectivity index (χ3n) is 7.33. The number of anilines is 2. The number of nitrogens with one attached hydrogen (secondary N) is 3. The number of aromatic nitrogens is 4. The van der Waals surface area contributed by atoms with Gasteiger partial charge in [-0.3, -0.25) is 10.7 Å². The minimum atomic E-state index is -4.44. The number of carboxylic acid groups (broad SMARTS) is 1. The lowest BCUT2D eigenvalue weighted by Gasteiger charge is -2.42. The van der Waals surface area contributed by atoms with Crippen molar-refractivity contribution < 1.29 is 27.8 Å². The maximum absolute atomic E-state index is 13.2. The summed E-state index contributed by atoms with van der Waals surface area (Å²) >= 11 is 0. The number of carbonyl (C=O) groups is 1. The largest absolute Gasteiger partial charge is 0.465 e. The summed E-state index contributed by atoms with van der Waals surface area (Å²) in [5.74, 6) is 0.721. The zero-order chi connectivity index (χ0) is 28.7. The summed E-state index contributed by atoms with van der Waals surface area (Å²) in [6.07, 6.45) is -2.57. The van der Waals surface area contributed by atoms with Crippen LogP contribution in [0.15, 0.2) is 24.3 Å². The Balaban J connectivity index is 1.65. The summed E-state index contributed by atoms with van der Waals surface area (Å²) in [6.45, 7) is 6.24. The molecule has 5 rings (SSSR count). The predicted molar refractivity (Wildman–Crippen MR) is 142 cm³/mol. The molecule has 1 amide bonds. The number of alkyl halides is 3. The quantitative estimate of drug-likeness (QED) is 0.247. The highest BCUT2D eigenvalue weighted by Crippen LogP contribution is 2.34. The van der Waals surface area contributed by atoms with Crippen molar-refractivity contribution in [1.82, 2.24) is 24.8 Å². The van der Waals surface area contributed by atoms with E-state index < -0.39 is 29.2 Å². The first-order valence-electron chi connectivity index (χ1n) is 13.0. The van der Waals surface area contributed by atoms with Gasteiger partial charge in [0.05, 0.1) is 30.9 Å². The summed E-state index contributed by atoms with van der Waals surface area (Å²) in [7, 11) is 0. The number of fused-ring (bicyclic) bond motifs is 1. The molecule has 214 valence electrons. The first-order valence-corrected chi connectivity index (χ1v) is 13.0. The maximum atomic E-state index is 13.2. The van der Waals surface area contributed by atoms with Crippen LogP contribution in [0, 0.1) is 11.3 Å². The fourth-order valence-electron chi connectivity index (χ4n) is 4.93. The van der Waals surface area contributed by atoms with Gasteiger partial charge in [0.1, 0.15) is 5.52 Å². The molecular formula is C26H31F3N8O3. The lowest BCUT2D eigenvalue weighted by atomic mass is 9.85. The van der Waals surface area contributed by atoms with Crippen molar-refractivity contribution in [2.45, 2.75) is 51.4 Å². The minimum Gasteiger partial charge on any atom is -0.465 e. The normalized spacial score (nSPS) is 17.5. The number of rotatable bonds is 7. The van der Waals surface area contributed by atoms with Crippen LogP contribution in [0.2, 0.25) is 0 Å². The molecule has 2 aliphatic rings. The van der Waals surface area contributed by atoms with Crippen LogP contribution in [0.1, 0.15) is 50.1 Å². The molecule has 0 atom stereocenters. The molecule has 1 aliphatic heterocycles. The maximum Gasteiger partial charge on any atom is 0.416 e. The Kier molecular flexibility index (Phi) is 7.29. The lowest BCUT2D eigenvalue weighted by Crippen LogP contribution is -2.54. The molecule has 1 saturated carbocycles. The summed E-state index contributed by atoms with van der Waals surface area (Å²) < 4.78 is 47.2. The molecule has 0 unspecified atom stereocenters. The zero-order valence-electron chi connectivity index (χ0n) is 22.2. The van der Waals surface area contributed by atoms with Crippen molar-refractivity contribution in [3.63, 3.8) is 0 Å². The molecule has 2 aromatic heterocycles. The summed E-state index contributed by atoms with van der Waals surface area (Å²) in [5, 5.41) is 22.6. The average Bonchev–Trinajstić information content (AvgIpc) is 3.20. The van der Waals surface area contributed by atoms with Crippen LogP contribution in [0.5, 0.6) is 0 Å². The number of imidazole rings is 1.